The highest BCUT2D eigenvalue weighted by Gasteiger charge is 2.12. The van der Waals surface area contributed by atoms with Crippen LogP contribution >= 0.6 is 11.3 Å². The maximum absolute atomic E-state index is 5.71. The summed E-state index contributed by atoms with van der Waals surface area (Å²) in [5.74, 6) is 0. The zero-order valence-electron chi connectivity index (χ0n) is 10.2. The maximum atomic E-state index is 5.71. The number of nitrogens with two attached hydrogens (primary N) is 1. The van der Waals surface area contributed by atoms with Gasteiger partial charge in [0.15, 0.2) is 5.13 Å². The Labute approximate surface area is 110 Å². The molecule has 2 heterocycles. The number of aryl methyl sites for hydroxylation is 1. The smallest absolute Gasteiger partial charge is 0.181 e. The molecule has 18 heavy (non-hydrogen) atoms. The van der Waals surface area contributed by atoms with Crippen LogP contribution in [0.1, 0.15) is 12.0 Å². The summed E-state index contributed by atoms with van der Waals surface area (Å²) in [5.41, 5.74) is 8.06. The van der Waals surface area contributed by atoms with Crippen LogP contribution in [-0.4, -0.2) is 30.8 Å². The van der Waals surface area contributed by atoms with Crippen molar-refractivity contribution in [2.45, 2.75) is 18.9 Å². The fraction of sp³-hybridized carbons (Fsp3) is 0.462. The van der Waals surface area contributed by atoms with Gasteiger partial charge in [-0.15, -0.1) is 0 Å². The van der Waals surface area contributed by atoms with E-state index in [0.29, 0.717) is 11.2 Å². The standard InChI is InChI=1S/C13H17N3OS/c14-13-16-11-4-2-9(7-12(11)18-13)1-3-10-8-17-6-5-15-10/h2,4,7,10,15H,1,3,5-6,8H2,(H2,14,16). The molecule has 0 bridgehead atoms. The lowest BCUT2D eigenvalue weighted by atomic mass is 10.0. The normalized spacial score (nSPS) is 20.3. The van der Waals surface area contributed by atoms with Gasteiger partial charge in [0.25, 0.3) is 0 Å². The number of rotatable bonds is 3. The molecule has 2 aromatic rings. The largest absolute Gasteiger partial charge is 0.379 e. The molecule has 0 saturated carbocycles. The summed E-state index contributed by atoms with van der Waals surface area (Å²) in [4.78, 5) is 4.27. The summed E-state index contributed by atoms with van der Waals surface area (Å²) < 4.78 is 6.64. The lowest BCUT2D eigenvalue weighted by Gasteiger charge is -2.23. The molecule has 3 rings (SSSR count). The molecule has 1 saturated heterocycles. The number of nitrogens with one attached hydrogen (secondary N) is 1. The average molecular weight is 263 g/mol. The van der Waals surface area contributed by atoms with Crippen LogP contribution in [0.25, 0.3) is 10.2 Å². The van der Waals surface area contributed by atoms with Gasteiger partial charge >= 0.3 is 0 Å². The van der Waals surface area contributed by atoms with E-state index in [2.05, 4.69) is 28.5 Å². The second-order valence-corrected chi connectivity index (χ2v) is 5.68. The first-order chi connectivity index (χ1) is 8.81. The van der Waals surface area contributed by atoms with Crippen molar-refractivity contribution in [2.24, 2.45) is 0 Å². The number of morpholine rings is 1. The predicted molar refractivity (Wildman–Crippen MR) is 75.0 cm³/mol. The van der Waals surface area contributed by atoms with E-state index in [0.717, 1.165) is 38.1 Å². The summed E-state index contributed by atoms with van der Waals surface area (Å²) in [5, 5.41) is 4.12. The van der Waals surface area contributed by atoms with Crippen LogP contribution in [0.2, 0.25) is 0 Å². The van der Waals surface area contributed by atoms with Gasteiger partial charge in [-0.3, -0.25) is 0 Å². The molecule has 0 amide bonds. The van der Waals surface area contributed by atoms with Gasteiger partial charge in [0.05, 0.1) is 23.4 Å². The Kier molecular flexibility index (Phi) is 3.45. The molecule has 4 nitrogen and oxygen atoms in total. The number of nitrogen functional groups attached to an aromatic ring is 1. The average Bonchev–Trinajstić information content (AvgIpc) is 2.77. The summed E-state index contributed by atoms with van der Waals surface area (Å²) in [7, 11) is 0. The predicted octanol–water partition coefficient (Wildman–Crippen LogP) is 1.80. The van der Waals surface area contributed by atoms with Crippen molar-refractivity contribution >= 4 is 26.7 Å². The van der Waals surface area contributed by atoms with Crippen LogP contribution in [0, 0.1) is 0 Å². The number of benzene rings is 1. The minimum absolute atomic E-state index is 0.487. The van der Waals surface area contributed by atoms with Crippen molar-refractivity contribution in [3.63, 3.8) is 0 Å². The maximum Gasteiger partial charge on any atom is 0.181 e. The third-order valence-electron chi connectivity index (χ3n) is 3.25. The number of thiazole rings is 1. The number of anilines is 1. The number of aromatic nitrogens is 1. The Morgan fingerprint density at radius 3 is 3.28 bits per heavy atom. The van der Waals surface area contributed by atoms with Crippen LogP contribution in [0.15, 0.2) is 18.2 Å². The fourth-order valence-electron chi connectivity index (χ4n) is 2.29. The molecule has 1 aliphatic rings. The quantitative estimate of drug-likeness (QED) is 0.886. The van der Waals surface area contributed by atoms with E-state index in [1.165, 1.54) is 10.3 Å². The van der Waals surface area contributed by atoms with E-state index in [1.54, 1.807) is 11.3 Å². The van der Waals surface area contributed by atoms with Gasteiger partial charge in [-0.2, -0.15) is 0 Å². The van der Waals surface area contributed by atoms with E-state index >= 15 is 0 Å². The first-order valence-electron chi connectivity index (χ1n) is 6.27. The fourth-order valence-corrected chi connectivity index (χ4v) is 3.09. The van der Waals surface area contributed by atoms with Gasteiger partial charge in [-0.05, 0) is 30.5 Å². The molecule has 5 heteroatoms. The SMILES string of the molecule is Nc1nc2ccc(CCC3COCCN3)cc2s1. The number of ether oxygens (including phenoxy) is 1. The zero-order valence-corrected chi connectivity index (χ0v) is 11.0. The van der Waals surface area contributed by atoms with Gasteiger partial charge in [-0.25, -0.2) is 4.98 Å². The Hall–Kier alpha value is -1.17. The highest BCUT2D eigenvalue weighted by Crippen LogP contribution is 2.25. The molecule has 1 fully saturated rings. The van der Waals surface area contributed by atoms with Crippen molar-refractivity contribution in [2.75, 3.05) is 25.5 Å². The molecule has 1 atom stereocenters. The molecule has 0 spiro atoms. The number of hydrogen-bond donors (Lipinski definition) is 2. The van der Waals surface area contributed by atoms with Crippen molar-refractivity contribution in [3.8, 4) is 0 Å². The highest BCUT2D eigenvalue weighted by atomic mass is 32.1. The molecule has 96 valence electrons. The summed E-state index contributed by atoms with van der Waals surface area (Å²) in [6, 6.07) is 6.89. The molecular formula is C13H17N3OS. The Morgan fingerprint density at radius 1 is 1.50 bits per heavy atom. The molecule has 1 aromatic heterocycles. The first kappa shape index (κ1) is 11.9. The number of hydrogen-bond acceptors (Lipinski definition) is 5. The molecule has 1 unspecified atom stereocenters. The summed E-state index contributed by atoms with van der Waals surface area (Å²) in [6.07, 6.45) is 2.18. The van der Waals surface area contributed by atoms with Gasteiger partial charge in [0.2, 0.25) is 0 Å². The van der Waals surface area contributed by atoms with E-state index in [4.69, 9.17) is 10.5 Å². The van der Waals surface area contributed by atoms with Crippen LogP contribution in [0.4, 0.5) is 5.13 Å². The van der Waals surface area contributed by atoms with Crippen LogP contribution in [0.3, 0.4) is 0 Å². The van der Waals surface area contributed by atoms with Gasteiger partial charge < -0.3 is 15.8 Å². The number of fused-ring (bicyclic) bond motifs is 1. The van der Waals surface area contributed by atoms with Gasteiger partial charge in [0, 0.05) is 12.6 Å². The Morgan fingerprint density at radius 2 is 2.44 bits per heavy atom. The molecule has 1 aliphatic heterocycles. The van der Waals surface area contributed by atoms with Crippen LogP contribution in [0.5, 0.6) is 0 Å². The van der Waals surface area contributed by atoms with Crippen molar-refractivity contribution in [1.29, 1.82) is 0 Å². The highest BCUT2D eigenvalue weighted by molar-refractivity contribution is 7.22. The lowest BCUT2D eigenvalue weighted by molar-refractivity contribution is 0.0743. The van der Waals surface area contributed by atoms with Crippen LogP contribution < -0.4 is 11.1 Å². The first-order valence-corrected chi connectivity index (χ1v) is 7.09. The lowest BCUT2D eigenvalue weighted by Crippen LogP contribution is -2.41. The van der Waals surface area contributed by atoms with E-state index in [-0.39, 0.29) is 0 Å². The minimum atomic E-state index is 0.487. The van der Waals surface area contributed by atoms with E-state index in [1.807, 2.05) is 0 Å². The molecule has 0 aliphatic carbocycles. The Bertz CT molecular complexity index is 534. The molecule has 0 radical (unpaired) electrons. The van der Waals surface area contributed by atoms with Crippen molar-refractivity contribution in [3.05, 3.63) is 23.8 Å². The topological polar surface area (TPSA) is 60.2 Å². The third kappa shape index (κ3) is 2.63. The molecule has 1 aromatic carbocycles. The molecule has 3 N–H and O–H groups in total. The third-order valence-corrected chi connectivity index (χ3v) is 4.10. The Balaban J connectivity index is 1.66. The van der Waals surface area contributed by atoms with E-state index in [9.17, 15) is 0 Å². The second kappa shape index (κ2) is 5.22. The summed E-state index contributed by atoms with van der Waals surface area (Å²) in [6.45, 7) is 2.63. The van der Waals surface area contributed by atoms with Gasteiger partial charge in [-0.1, -0.05) is 17.4 Å². The minimum Gasteiger partial charge on any atom is -0.379 e. The second-order valence-electron chi connectivity index (χ2n) is 4.62. The molecular weight excluding hydrogens is 246 g/mol. The van der Waals surface area contributed by atoms with Crippen LogP contribution in [-0.2, 0) is 11.2 Å². The summed E-state index contributed by atoms with van der Waals surface area (Å²) >= 11 is 1.55. The monoisotopic (exact) mass is 263 g/mol. The van der Waals surface area contributed by atoms with Gasteiger partial charge in [0.1, 0.15) is 0 Å². The number of nitrogens with zero attached hydrogens (tertiary/aromatic N) is 1. The van der Waals surface area contributed by atoms with Crippen molar-refractivity contribution in [1.82, 2.24) is 10.3 Å². The van der Waals surface area contributed by atoms with Crippen molar-refractivity contribution < 1.29 is 4.74 Å². The van der Waals surface area contributed by atoms with E-state index < -0.39 is 0 Å². The zero-order chi connectivity index (χ0) is 12.4.